The average Bonchev–Trinajstić information content (AvgIpc) is 2.79. The van der Waals surface area contributed by atoms with Gasteiger partial charge < -0.3 is 10.6 Å². The molecular weight excluding hydrogens is 508 g/mol. The first kappa shape index (κ1) is 26.0. The zero-order chi connectivity index (χ0) is 25.9. The summed E-state index contributed by atoms with van der Waals surface area (Å²) in [6, 6.07) is 10.7. The maximum atomic E-state index is 13.9. The summed E-state index contributed by atoms with van der Waals surface area (Å²) in [6.07, 6.45) is -5.70. The molecule has 35 heavy (non-hydrogen) atoms. The van der Waals surface area contributed by atoms with Crippen LogP contribution in [0.5, 0.6) is 0 Å². The van der Waals surface area contributed by atoms with Crippen LogP contribution in [0.1, 0.15) is 15.9 Å². The van der Waals surface area contributed by atoms with Crippen molar-refractivity contribution >= 4 is 35.0 Å². The van der Waals surface area contributed by atoms with Gasteiger partial charge in [-0.25, -0.2) is 22.0 Å². The monoisotopic (exact) mass is 520 g/mol. The fraction of sp³-hybridized carbons (Fsp3) is 0.0909. The second-order valence-corrected chi connectivity index (χ2v) is 7.87. The van der Waals surface area contributed by atoms with Gasteiger partial charge in [0, 0.05) is 16.1 Å². The van der Waals surface area contributed by atoms with Gasteiger partial charge in [-0.15, -0.1) is 11.8 Å². The first-order valence-corrected chi connectivity index (χ1v) is 10.4. The molecule has 184 valence electrons. The van der Waals surface area contributed by atoms with E-state index in [2.05, 4.69) is 5.32 Å². The Morgan fingerprint density at radius 3 is 1.80 bits per heavy atom. The fourth-order valence-corrected chi connectivity index (χ4v) is 3.45. The van der Waals surface area contributed by atoms with Gasteiger partial charge in [0.1, 0.15) is 17.1 Å². The van der Waals surface area contributed by atoms with Gasteiger partial charge in [0.15, 0.2) is 23.3 Å². The van der Waals surface area contributed by atoms with E-state index in [0.29, 0.717) is 10.6 Å². The summed E-state index contributed by atoms with van der Waals surface area (Å²) in [5.41, 5.74) is -3.87. The third kappa shape index (κ3) is 6.10. The molecule has 0 bridgehead atoms. The Labute approximate surface area is 196 Å². The lowest BCUT2D eigenvalue weighted by atomic mass is 10.1. The van der Waals surface area contributed by atoms with Crippen LogP contribution in [0.4, 0.5) is 46.5 Å². The summed E-state index contributed by atoms with van der Waals surface area (Å²) in [4.78, 5) is 24.5. The predicted molar refractivity (Wildman–Crippen MR) is 111 cm³/mol. The van der Waals surface area contributed by atoms with Crippen LogP contribution in [-0.2, 0) is 11.0 Å². The van der Waals surface area contributed by atoms with Gasteiger partial charge in [-0.1, -0.05) is 0 Å². The molecule has 4 nitrogen and oxygen atoms in total. The van der Waals surface area contributed by atoms with E-state index in [1.54, 1.807) is 0 Å². The molecule has 13 heteroatoms. The van der Waals surface area contributed by atoms with Crippen LogP contribution in [0.3, 0.4) is 0 Å². The SMILES string of the molecule is O=C(CSc1ccc(NC(=O)c2ccc(F)cc2)cc1)Nc1c(F)c(F)c(C(F)(F)F)c(F)c1F. The van der Waals surface area contributed by atoms with E-state index >= 15 is 0 Å². The van der Waals surface area contributed by atoms with Crippen molar-refractivity contribution in [2.75, 3.05) is 16.4 Å². The van der Waals surface area contributed by atoms with Crippen LogP contribution < -0.4 is 10.6 Å². The van der Waals surface area contributed by atoms with Crippen LogP contribution in [0.15, 0.2) is 53.4 Å². The summed E-state index contributed by atoms with van der Waals surface area (Å²) in [5.74, 6) is -12.8. The largest absolute Gasteiger partial charge is 0.422 e. The van der Waals surface area contributed by atoms with Gasteiger partial charge in [0.05, 0.1) is 5.75 Å². The molecule has 0 aliphatic rings. The number of carbonyl (C=O) groups is 2. The van der Waals surface area contributed by atoms with E-state index in [1.165, 1.54) is 41.7 Å². The molecule has 3 aromatic carbocycles. The van der Waals surface area contributed by atoms with Crippen LogP contribution in [-0.4, -0.2) is 17.6 Å². The van der Waals surface area contributed by atoms with Gasteiger partial charge in [-0.3, -0.25) is 9.59 Å². The predicted octanol–water partition coefficient (Wildman–Crippen LogP) is 6.38. The van der Waals surface area contributed by atoms with Crippen molar-refractivity contribution in [1.82, 2.24) is 0 Å². The van der Waals surface area contributed by atoms with Gasteiger partial charge in [-0.05, 0) is 48.5 Å². The zero-order valence-electron chi connectivity index (χ0n) is 17.1. The minimum absolute atomic E-state index is 0.206. The summed E-state index contributed by atoms with van der Waals surface area (Å²) in [6.45, 7) is 0. The third-order valence-electron chi connectivity index (χ3n) is 4.40. The lowest BCUT2D eigenvalue weighted by Gasteiger charge is -2.14. The highest BCUT2D eigenvalue weighted by atomic mass is 32.2. The molecule has 2 N–H and O–H groups in total. The standard InChI is InChI=1S/C22H12F8N2O2S/c23-11-3-1-10(2-4-11)21(34)31-12-5-7-13(8-6-12)35-9-14(33)32-20-18(26)16(24)15(22(28,29)30)17(25)19(20)27/h1-8H,9H2,(H,31,34)(H,32,33). The Bertz CT molecular complexity index is 1230. The molecular formula is C22H12F8N2O2S. The van der Waals surface area contributed by atoms with Crippen molar-refractivity contribution in [2.24, 2.45) is 0 Å². The maximum absolute atomic E-state index is 13.9. The number of hydrogen-bond donors (Lipinski definition) is 2. The van der Waals surface area contributed by atoms with Crippen LogP contribution >= 0.6 is 11.8 Å². The van der Waals surface area contributed by atoms with Crippen molar-refractivity contribution in [1.29, 1.82) is 0 Å². The number of thioether (sulfide) groups is 1. The maximum Gasteiger partial charge on any atom is 0.422 e. The van der Waals surface area contributed by atoms with Gasteiger partial charge >= 0.3 is 6.18 Å². The molecule has 3 aromatic rings. The first-order chi connectivity index (χ1) is 16.4. The van der Waals surface area contributed by atoms with Crippen molar-refractivity contribution in [3.63, 3.8) is 0 Å². The minimum Gasteiger partial charge on any atom is -0.322 e. The highest BCUT2D eigenvalue weighted by molar-refractivity contribution is 8.00. The Balaban J connectivity index is 1.62. The van der Waals surface area contributed by atoms with Crippen LogP contribution in [0.2, 0.25) is 0 Å². The Morgan fingerprint density at radius 1 is 0.743 bits per heavy atom. The second-order valence-electron chi connectivity index (χ2n) is 6.83. The molecule has 0 aliphatic heterocycles. The Morgan fingerprint density at radius 2 is 1.29 bits per heavy atom. The lowest BCUT2D eigenvalue weighted by Crippen LogP contribution is -2.21. The number of hydrogen-bond acceptors (Lipinski definition) is 3. The van der Waals surface area contributed by atoms with E-state index in [4.69, 9.17) is 0 Å². The van der Waals surface area contributed by atoms with E-state index in [1.807, 2.05) is 0 Å². The van der Waals surface area contributed by atoms with Gasteiger partial charge in [0.2, 0.25) is 5.91 Å². The summed E-state index contributed by atoms with van der Waals surface area (Å²) in [5, 5.41) is 4.08. The molecule has 0 heterocycles. The Kier molecular flexibility index (Phi) is 7.68. The summed E-state index contributed by atoms with van der Waals surface area (Å²) >= 11 is 0.822. The molecule has 0 radical (unpaired) electrons. The molecule has 0 spiro atoms. The highest BCUT2D eigenvalue weighted by Gasteiger charge is 2.42. The number of alkyl halides is 3. The van der Waals surface area contributed by atoms with Gasteiger partial charge in [0.25, 0.3) is 5.91 Å². The molecule has 0 unspecified atom stereocenters. The molecule has 0 aliphatic carbocycles. The highest BCUT2D eigenvalue weighted by Crippen LogP contribution is 2.38. The van der Waals surface area contributed by atoms with Crippen molar-refractivity contribution in [3.05, 3.63) is 88.7 Å². The fourth-order valence-electron chi connectivity index (χ4n) is 2.75. The number of halogens is 8. The molecule has 0 saturated carbocycles. The number of carbonyl (C=O) groups excluding carboxylic acids is 2. The van der Waals surface area contributed by atoms with Crippen LogP contribution in [0, 0.1) is 29.1 Å². The Hall–Kier alpha value is -3.61. The molecule has 0 fully saturated rings. The second kappa shape index (κ2) is 10.3. The van der Waals surface area contributed by atoms with Crippen molar-refractivity contribution < 1.29 is 44.7 Å². The number of benzene rings is 3. The van der Waals surface area contributed by atoms with E-state index in [0.717, 1.165) is 23.9 Å². The number of amides is 2. The van der Waals surface area contributed by atoms with Crippen molar-refractivity contribution in [3.8, 4) is 0 Å². The lowest BCUT2D eigenvalue weighted by molar-refractivity contribution is -0.143. The molecule has 0 aromatic heterocycles. The zero-order valence-corrected chi connectivity index (χ0v) is 17.9. The summed E-state index contributed by atoms with van der Waals surface area (Å²) in [7, 11) is 0. The number of nitrogens with one attached hydrogen (secondary N) is 2. The van der Waals surface area contributed by atoms with E-state index in [9.17, 15) is 44.7 Å². The molecule has 0 saturated heterocycles. The van der Waals surface area contributed by atoms with Crippen LogP contribution in [0.25, 0.3) is 0 Å². The topological polar surface area (TPSA) is 58.2 Å². The number of anilines is 2. The van der Waals surface area contributed by atoms with E-state index in [-0.39, 0.29) is 5.56 Å². The molecule has 0 atom stereocenters. The normalized spacial score (nSPS) is 11.3. The smallest absolute Gasteiger partial charge is 0.322 e. The van der Waals surface area contributed by atoms with E-state index < -0.39 is 64.1 Å². The van der Waals surface area contributed by atoms with Crippen molar-refractivity contribution in [2.45, 2.75) is 11.1 Å². The minimum atomic E-state index is -5.70. The first-order valence-electron chi connectivity index (χ1n) is 9.41. The third-order valence-corrected chi connectivity index (χ3v) is 5.41. The quantitative estimate of drug-likeness (QED) is 0.225. The molecule has 2 amide bonds. The number of rotatable bonds is 6. The van der Waals surface area contributed by atoms with Gasteiger partial charge in [-0.2, -0.15) is 13.2 Å². The molecule has 3 rings (SSSR count). The summed E-state index contributed by atoms with van der Waals surface area (Å²) < 4.78 is 106. The average molecular weight is 520 g/mol.